The first-order valence-electron chi connectivity index (χ1n) is 7.83. The third kappa shape index (κ3) is 2.62. The lowest BCUT2D eigenvalue weighted by molar-refractivity contribution is -0.0918. The smallest absolute Gasteiger partial charge is 0.431 e. The zero-order valence-electron chi connectivity index (χ0n) is 14.2. The number of carbonyl (C=O) groups is 1. The Hall–Kier alpha value is -3.37. The summed E-state index contributed by atoms with van der Waals surface area (Å²) in [6, 6.07) is 1.59. The Morgan fingerprint density at radius 3 is 2.70 bits per heavy atom. The quantitative estimate of drug-likeness (QED) is 0.705. The second-order valence-electron chi connectivity index (χ2n) is 5.96. The van der Waals surface area contributed by atoms with Crippen molar-refractivity contribution in [2.45, 2.75) is 19.1 Å². The van der Waals surface area contributed by atoms with Crippen molar-refractivity contribution < 1.29 is 22.4 Å². The number of halogens is 3. The van der Waals surface area contributed by atoms with E-state index >= 15 is 0 Å². The van der Waals surface area contributed by atoms with Gasteiger partial charge in [0.05, 0.1) is 18.0 Å². The minimum atomic E-state index is -4.82. The van der Waals surface area contributed by atoms with Crippen LogP contribution in [0.2, 0.25) is 0 Å². The highest BCUT2D eigenvalue weighted by atomic mass is 19.4. The highest BCUT2D eigenvalue weighted by Crippen LogP contribution is 2.42. The molecule has 0 fully saturated rings. The van der Waals surface area contributed by atoms with Gasteiger partial charge < -0.3 is 9.73 Å². The minimum Gasteiger partial charge on any atom is -0.461 e. The lowest BCUT2D eigenvalue weighted by Crippen LogP contribution is -2.35. The molecule has 27 heavy (non-hydrogen) atoms. The number of anilines is 1. The first kappa shape index (κ1) is 17.1. The molecule has 0 bridgehead atoms. The van der Waals surface area contributed by atoms with E-state index in [0.717, 1.165) is 6.33 Å². The number of hydrogen-bond acceptors (Lipinski definition) is 6. The zero-order valence-corrected chi connectivity index (χ0v) is 14.2. The molecule has 0 spiro atoms. The average Bonchev–Trinajstić information content (AvgIpc) is 3.35. The number of ketones is 1. The summed E-state index contributed by atoms with van der Waals surface area (Å²) in [6.45, 7) is 1.70. The number of rotatable bonds is 3. The van der Waals surface area contributed by atoms with Gasteiger partial charge in [-0.1, -0.05) is 0 Å². The molecule has 0 saturated heterocycles. The Kier molecular flexibility index (Phi) is 3.68. The molecule has 0 aromatic carbocycles. The Balaban J connectivity index is 2.01. The number of aromatic nitrogens is 5. The van der Waals surface area contributed by atoms with E-state index in [-0.39, 0.29) is 11.7 Å². The summed E-state index contributed by atoms with van der Waals surface area (Å²) in [5.41, 5.74) is -0.735. The van der Waals surface area contributed by atoms with Crippen LogP contribution in [-0.2, 0) is 7.05 Å². The van der Waals surface area contributed by atoms with E-state index in [9.17, 15) is 18.0 Å². The van der Waals surface area contributed by atoms with Crippen molar-refractivity contribution >= 4 is 11.7 Å². The maximum Gasteiger partial charge on any atom is 0.431 e. The number of fused-ring (bicyclic) bond motifs is 1. The van der Waals surface area contributed by atoms with Crippen LogP contribution in [-0.4, -0.2) is 36.5 Å². The van der Waals surface area contributed by atoms with Gasteiger partial charge in [0.2, 0.25) is 11.7 Å². The maximum atomic E-state index is 13.8. The highest BCUT2D eigenvalue weighted by molar-refractivity contribution is 6.09. The maximum absolute atomic E-state index is 13.8. The topological polar surface area (TPSA) is 90.8 Å². The third-order valence-corrected chi connectivity index (χ3v) is 4.44. The summed E-state index contributed by atoms with van der Waals surface area (Å²) in [5, 5.41) is 10.3. The molecule has 1 atom stereocenters. The molecule has 0 saturated carbocycles. The molecular weight excluding hydrogens is 365 g/mol. The fraction of sp³-hybridized carbons (Fsp3) is 0.250. The van der Waals surface area contributed by atoms with Crippen molar-refractivity contribution in [3.63, 3.8) is 0 Å². The molecule has 1 N–H and O–H groups in total. The summed E-state index contributed by atoms with van der Waals surface area (Å²) in [4.78, 5) is 16.8. The predicted molar refractivity (Wildman–Crippen MR) is 85.8 cm³/mol. The normalized spacial score (nSPS) is 17.0. The number of hydrogen-bond donors (Lipinski definition) is 1. The van der Waals surface area contributed by atoms with E-state index in [2.05, 4.69) is 20.5 Å². The van der Waals surface area contributed by atoms with Crippen molar-refractivity contribution in [1.82, 2.24) is 24.5 Å². The Morgan fingerprint density at radius 2 is 2.11 bits per heavy atom. The van der Waals surface area contributed by atoms with Crippen LogP contribution < -0.4 is 5.32 Å². The largest absolute Gasteiger partial charge is 0.461 e. The predicted octanol–water partition coefficient (Wildman–Crippen LogP) is 2.63. The lowest BCUT2D eigenvalue weighted by atomic mass is 9.91. The average molecular weight is 378 g/mol. The van der Waals surface area contributed by atoms with Crippen molar-refractivity contribution in [3.8, 4) is 0 Å². The number of aryl methyl sites for hydroxylation is 1. The molecule has 8 nitrogen and oxygen atoms in total. The van der Waals surface area contributed by atoms with Gasteiger partial charge in [-0.2, -0.15) is 28.4 Å². The number of furan rings is 1. The second kappa shape index (κ2) is 5.83. The van der Waals surface area contributed by atoms with Gasteiger partial charge in [0.25, 0.3) is 0 Å². The Morgan fingerprint density at radius 1 is 1.33 bits per heavy atom. The molecule has 3 aromatic heterocycles. The van der Waals surface area contributed by atoms with Gasteiger partial charge in [-0.05, 0) is 19.1 Å². The first-order valence-corrected chi connectivity index (χ1v) is 7.83. The van der Waals surface area contributed by atoms with E-state index < -0.39 is 29.3 Å². The summed E-state index contributed by atoms with van der Waals surface area (Å²) in [6.07, 6.45) is -1.05. The van der Waals surface area contributed by atoms with Crippen LogP contribution in [0.5, 0.6) is 0 Å². The number of nitrogens with zero attached hydrogens (tertiary/aromatic N) is 5. The molecule has 4 rings (SSSR count). The van der Waals surface area contributed by atoms with Crippen molar-refractivity contribution in [2.75, 3.05) is 5.32 Å². The first-order chi connectivity index (χ1) is 12.8. The van der Waals surface area contributed by atoms with E-state index in [1.54, 1.807) is 14.0 Å². The number of Topliss-reactive ketones (excluding diaryl/α,β-unsaturated/α-hetero) is 1. The molecule has 140 valence electrons. The van der Waals surface area contributed by atoms with Crippen molar-refractivity contribution in [2.24, 2.45) is 7.05 Å². The van der Waals surface area contributed by atoms with Gasteiger partial charge in [0.1, 0.15) is 18.1 Å². The summed E-state index contributed by atoms with van der Waals surface area (Å²) in [5.74, 6) is -1.22. The van der Waals surface area contributed by atoms with Crippen LogP contribution in [0.4, 0.5) is 19.1 Å². The van der Waals surface area contributed by atoms with Gasteiger partial charge in [0.15, 0.2) is 5.76 Å². The lowest BCUT2D eigenvalue weighted by Gasteiger charge is -2.29. The Bertz CT molecular complexity index is 1040. The molecule has 4 heterocycles. The van der Waals surface area contributed by atoms with Crippen molar-refractivity contribution in [1.29, 1.82) is 0 Å². The van der Waals surface area contributed by atoms with Gasteiger partial charge >= 0.3 is 6.18 Å². The molecule has 0 aliphatic carbocycles. The van der Waals surface area contributed by atoms with Crippen LogP contribution in [0, 0.1) is 6.92 Å². The van der Waals surface area contributed by atoms with Gasteiger partial charge in [-0.3, -0.25) is 9.48 Å². The van der Waals surface area contributed by atoms with Crippen LogP contribution in [0.1, 0.15) is 27.9 Å². The van der Waals surface area contributed by atoms with E-state index in [1.165, 1.54) is 34.0 Å². The molecule has 0 radical (unpaired) electrons. The minimum absolute atomic E-state index is 0.119. The molecule has 1 unspecified atom stereocenters. The number of alkyl halides is 3. The van der Waals surface area contributed by atoms with Crippen molar-refractivity contribution in [3.05, 3.63) is 59.2 Å². The standard InChI is InChI=1S/C16H13F3N6O2/c1-8-9(6-21-24(8)2)12-11(13(26)10-4-3-5-27-10)14(16(17,18)19)23-15-20-7-22-25(12)15/h3-7,12H,1-2H3,(H,20,22,23). The van der Waals surface area contributed by atoms with Gasteiger partial charge in [-0.15, -0.1) is 0 Å². The van der Waals surface area contributed by atoms with Crippen LogP contribution in [0.3, 0.4) is 0 Å². The third-order valence-electron chi connectivity index (χ3n) is 4.44. The molecule has 11 heteroatoms. The second-order valence-corrected chi connectivity index (χ2v) is 5.96. The molecule has 1 aliphatic heterocycles. The number of nitrogens with one attached hydrogen (secondary N) is 1. The molecule has 3 aromatic rings. The SMILES string of the molecule is Cc1c(C2C(C(=O)c3ccco3)=C(C(F)(F)F)Nc3ncnn32)cnn1C. The van der Waals surface area contributed by atoms with Gasteiger partial charge in [-0.25, -0.2) is 4.68 Å². The van der Waals surface area contributed by atoms with E-state index in [4.69, 9.17) is 4.42 Å². The number of carbonyl (C=O) groups excluding carboxylic acids is 1. The van der Waals surface area contributed by atoms with Crippen LogP contribution >= 0.6 is 0 Å². The highest BCUT2D eigenvalue weighted by Gasteiger charge is 2.47. The summed E-state index contributed by atoms with van der Waals surface area (Å²) in [7, 11) is 1.66. The Labute approximate surface area is 150 Å². The number of allylic oxidation sites excluding steroid dienone is 2. The van der Waals surface area contributed by atoms with E-state index in [0.29, 0.717) is 11.3 Å². The molecule has 1 aliphatic rings. The zero-order chi connectivity index (χ0) is 19.3. The van der Waals surface area contributed by atoms with E-state index in [1.807, 2.05) is 0 Å². The molecular formula is C16H13F3N6O2. The van der Waals surface area contributed by atoms with Crippen LogP contribution in [0.15, 0.2) is 46.6 Å². The summed E-state index contributed by atoms with van der Waals surface area (Å²) >= 11 is 0. The summed E-state index contributed by atoms with van der Waals surface area (Å²) < 4.78 is 49.2. The fourth-order valence-electron chi connectivity index (χ4n) is 3.04. The fourth-order valence-corrected chi connectivity index (χ4v) is 3.04. The van der Waals surface area contributed by atoms with Crippen LogP contribution in [0.25, 0.3) is 0 Å². The molecule has 0 amide bonds. The monoisotopic (exact) mass is 378 g/mol. The van der Waals surface area contributed by atoms with Gasteiger partial charge in [0, 0.05) is 18.3 Å².